The van der Waals surface area contributed by atoms with E-state index < -0.39 is 17.8 Å². The minimum absolute atomic E-state index is 0.0205. The van der Waals surface area contributed by atoms with Crippen LogP contribution in [0.4, 0.5) is 4.39 Å². The highest BCUT2D eigenvalue weighted by Crippen LogP contribution is 2.29. The first-order valence-corrected chi connectivity index (χ1v) is 7.75. The van der Waals surface area contributed by atoms with Crippen molar-refractivity contribution in [2.24, 2.45) is 5.92 Å². The van der Waals surface area contributed by atoms with Crippen LogP contribution in [0.5, 0.6) is 0 Å². The number of carboxylic acid groups (broad SMARTS) is 2. The Morgan fingerprint density at radius 3 is 2.48 bits per heavy atom. The summed E-state index contributed by atoms with van der Waals surface area (Å²) in [5, 5.41) is 28.2. The van der Waals surface area contributed by atoms with Crippen molar-refractivity contribution in [3.8, 4) is 0 Å². The van der Waals surface area contributed by atoms with E-state index in [1.54, 1.807) is 12.1 Å². The van der Waals surface area contributed by atoms with Gasteiger partial charge in [-0.3, -0.25) is 0 Å². The van der Waals surface area contributed by atoms with Crippen molar-refractivity contribution in [3.05, 3.63) is 46.8 Å². The molecule has 1 aromatic carbocycles. The van der Waals surface area contributed by atoms with Gasteiger partial charge in [0.1, 0.15) is 5.82 Å². The van der Waals surface area contributed by atoms with E-state index in [-0.39, 0.29) is 23.7 Å². The molecule has 138 valence electrons. The molecule has 0 aromatic heterocycles. The number of carboxylic acids is 2. The molecule has 0 amide bonds. The SMILES string of the molecule is O=C(O)/C=C/C(=O)O.OC[C@@H]1CNCCO[C@H]1c1ccc(F)c(Cl)c1. The molecule has 0 aliphatic carbocycles. The zero-order chi connectivity index (χ0) is 18.8. The second-order valence-electron chi connectivity index (χ2n) is 5.12. The van der Waals surface area contributed by atoms with Crippen molar-refractivity contribution < 1.29 is 34.0 Å². The van der Waals surface area contributed by atoms with Gasteiger partial charge in [-0.1, -0.05) is 17.7 Å². The van der Waals surface area contributed by atoms with E-state index in [0.717, 1.165) is 12.1 Å². The molecular formula is C16H19ClFNO6. The number of halogens is 2. The second kappa shape index (κ2) is 10.8. The zero-order valence-corrected chi connectivity index (χ0v) is 13.9. The average molecular weight is 376 g/mol. The van der Waals surface area contributed by atoms with Crippen LogP contribution in [-0.2, 0) is 14.3 Å². The molecule has 4 N–H and O–H groups in total. The molecule has 0 spiro atoms. The van der Waals surface area contributed by atoms with E-state index in [4.69, 9.17) is 26.6 Å². The molecule has 1 heterocycles. The van der Waals surface area contributed by atoms with Crippen LogP contribution in [0.25, 0.3) is 0 Å². The number of nitrogens with one attached hydrogen (secondary N) is 1. The molecule has 25 heavy (non-hydrogen) atoms. The van der Waals surface area contributed by atoms with Crippen molar-refractivity contribution in [1.29, 1.82) is 0 Å². The van der Waals surface area contributed by atoms with E-state index >= 15 is 0 Å². The van der Waals surface area contributed by atoms with Gasteiger partial charge in [0, 0.05) is 37.8 Å². The number of aliphatic carboxylic acids is 2. The Bertz CT molecular complexity index is 609. The van der Waals surface area contributed by atoms with E-state index in [0.29, 0.717) is 25.3 Å². The molecule has 1 aliphatic rings. The molecule has 0 radical (unpaired) electrons. The zero-order valence-electron chi connectivity index (χ0n) is 13.2. The van der Waals surface area contributed by atoms with Gasteiger partial charge in [0.15, 0.2) is 0 Å². The summed E-state index contributed by atoms with van der Waals surface area (Å²) in [6, 6.07) is 4.54. The molecule has 1 aliphatic heterocycles. The maximum Gasteiger partial charge on any atom is 0.328 e. The molecular weight excluding hydrogens is 357 g/mol. The highest BCUT2D eigenvalue weighted by molar-refractivity contribution is 6.30. The lowest BCUT2D eigenvalue weighted by atomic mass is 9.96. The number of aliphatic hydroxyl groups excluding tert-OH is 1. The summed E-state index contributed by atoms with van der Waals surface area (Å²) >= 11 is 5.76. The molecule has 7 nitrogen and oxygen atoms in total. The summed E-state index contributed by atoms with van der Waals surface area (Å²) in [6.07, 6.45) is 0.873. The number of aliphatic hydroxyl groups is 1. The van der Waals surface area contributed by atoms with Gasteiger partial charge in [-0.15, -0.1) is 0 Å². The van der Waals surface area contributed by atoms with Crippen LogP contribution in [0.2, 0.25) is 5.02 Å². The number of hydrogen-bond acceptors (Lipinski definition) is 5. The molecule has 9 heteroatoms. The molecule has 1 saturated heterocycles. The number of rotatable bonds is 4. The lowest BCUT2D eigenvalue weighted by Crippen LogP contribution is -2.27. The molecule has 1 fully saturated rings. The van der Waals surface area contributed by atoms with E-state index in [1.807, 2.05) is 0 Å². The van der Waals surface area contributed by atoms with Crippen LogP contribution in [0, 0.1) is 11.7 Å². The van der Waals surface area contributed by atoms with Crippen molar-refractivity contribution in [1.82, 2.24) is 5.32 Å². The predicted molar refractivity (Wildman–Crippen MR) is 88.0 cm³/mol. The summed E-state index contributed by atoms with van der Waals surface area (Å²) < 4.78 is 18.8. The summed E-state index contributed by atoms with van der Waals surface area (Å²) in [7, 11) is 0. The fourth-order valence-corrected chi connectivity index (χ4v) is 2.34. The molecule has 2 atom stereocenters. The van der Waals surface area contributed by atoms with Crippen molar-refractivity contribution in [2.45, 2.75) is 6.10 Å². The van der Waals surface area contributed by atoms with Gasteiger partial charge in [-0.05, 0) is 17.7 Å². The number of ether oxygens (including phenoxy) is 1. The van der Waals surface area contributed by atoms with E-state index in [1.165, 1.54) is 6.07 Å². The van der Waals surface area contributed by atoms with Gasteiger partial charge in [0.05, 0.1) is 17.7 Å². The highest BCUT2D eigenvalue weighted by atomic mass is 35.5. The number of hydrogen-bond donors (Lipinski definition) is 4. The third-order valence-corrected chi connectivity index (χ3v) is 3.58. The van der Waals surface area contributed by atoms with Gasteiger partial charge in [0.25, 0.3) is 0 Å². The fourth-order valence-electron chi connectivity index (χ4n) is 2.15. The molecule has 2 rings (SSSR count). The van der Waals surface area contributed by atoms with Gasteiger partial charge in [-0.25, -0.2) is 14.0 Å². The molecule has 1 aromatic rings. The summed E-state index contributed by atoms with van der Waals surface area (Å²) in [4.78, 5) is 19.1. The number of benzene rings is 1. The largest absolute Gasteiger partial charge is 0.478 e. The van der Waals surface area contributed by atoms with Crippen LogP contribution in [-0.4, -0.2) is 53.6 Å². The minimum atomic E-state index is -1.26. The van der Waals surface area contributed by atoms with Gasteiger partial charge in [0.2, 0.25) is 0 Å². The van der Waals surface area contributed by atoms with Crippen LogP contribution >= 0.6 is 11.6 Å². The lowest BCUT2D eigenvalue weighted by Gasteiger charge is -2.23. The minimum Gasteiger partial charge on any atom is -0.478 e. The average Bonchev–Trinajstić information content (AvgIpc) is 2.81. The Kier molecular flexibility index (Phi) is 9.07. The van der Waals surface area contributed by atoms with Crippen LogP contribution < -0.4 is 5.32 Å². The third kappa shape index (κ3) is 7.61. The van der Waals surface area contributed by atoms with Crippen molar-refractivity contribution >= 4 is 23.5 Å². The second-order valence-corrected chi connectivity index (χ2v) is 5.53. The monoisotopic (exact) mass is 375 g/mol. The first kappa shape index (κ1) is 21.0. The topological polar surface area (TPSA) is 116 Å². The molecule has 0 unspecified atom stereocenters. The van der Waals surface area contributed by atoms with E-state index in [9.17, 15) is 19.1 Å². The summed E-state index contributed by atoms with van der Waals surface area (Å²) in [5.41, 5.74) is 0.805. The van der Waals surface area contributed by atoms with E-state index in [2.05, 4.69) is 5.32 Å². The Hall–Kier alpha value is -2.00. The van der Waals surface area contributed by atoms with Crippen LogP contribution in [0.1, 0.15) is 11.7 Å². The Morgan fingerprint density at radius 2 is 1.96 bits per heavy atom. The Morgan fingerprint density at radius 1 is 1.32 bits per heavy atom. The van der Waals surface area contributed by atoms with Crippen LogP contribution in [0.15, 0.2) is 30.4 Å². The quantitative estimate of drug-likeness (QED) is 0.589. The third-order valence-electron chi connectivity index (χ3n) is 3.29. The van der Waals surface area contributed by atoms with Crippen LogP contribution in [0.3, 0.4) is 0 Å². The van der Waals surface area contributed by atoms with Crippen molar-refractivity contribution in [3.63, 3.8) is 0 Å². The Balaban J connectivity index is 0.000000333. The maximum atomic E-state index is 13.1. The molecule has 0 saturated carbocycles. The normalized spacial score (nSPS) is 20.4. The fraction of sp³-hybridized carbons (Fsp3) is 0.375. The maximum absolute atomic E-state index is 13.1. The van der Waals surface area contributed by atoms with Gasteiger partial charge in [-0.2, -0.15) is 0 Å². The van der Waals surface area contributed by atoms with Crippen molar-refractivity contribution in [2.75, 3.05) is 26.3 Å². The van der Waals surface area contributed by atoms with Gasteiger partial charge < -0.3 is 25.4 Å². The standard InChI is InChI=1S/C12H15ClFNO2.C4H4O4/c13-10-5-8(1-2-11(10)14)12-9(7-16)6-15-3-4-17-12;5-3(6)1-2-4(7)8/h1-2,5,9,12,15-16H,3-4,6-7H2;1-2H,(H,5,6)(H,7,8)/b;2-1+/t9-,12-;/m0./s1. The summed E-state index contributed by atoms with van der Waals surface area (Å²) in [6.45, 7) is 2.01. The van der Waals surface area contributed by atoms with Gasteiger partial charge >= 0.3 is 11.9 Å². The predicted octanol–water partition coefficient (Wildman–Crippen LogP) is 1.46. The Labute approximate surface area is 148 Å². The summed E-state index contributed by atoms with van der Waals surface area (Å²) in [5.74, 6) is -3.00. The number of carbonyl (C=O) groups is 2. The molecule has 0 bridgehead atoms. The first-order valence-electron chi connectivity index (χ1n) is 7.37. The lowest BCUT2D eigenvalue weighted by molar-refractivity contribution is -0.134. The highest BCUT2D eigenvalue weighted by Gasteiger charge is 2.25. The first-order chi connectivity index (χ1) is 11.8. The smallest absolute Gasteiger partial charge is 0.328 e.